The van der Waals surface area contributed by atoms with Gasteiger partial charge >= 0.3 is 0 Å². The molecule has 124 valence electrons. The molecule has 25 heavy (non-hydrogen) atoms. The topological polar surface area (TPSA) is 106 Å². The van der Waals surface area contributed by atoms with Gasteiger partial charge in [0.1, 0.15) is 0 Å². The minimum Gasteiger partial charge on any atom is -0.398 e. The number of ketones is 3. The van der Waals surface area contributed by atoms with E-state index in [4.69, 9.17) is 5.73 Å². The Hall–Kier alpha value is -3.54. The van der Waals surface area contributed by atoms with E-state index in [0.717, 1.165) is 6.08 Å². The maximum Gasteiger partial charge on any atom is 0.247 e. The fourth-order valence-electron chi connectivity index (χ4n) is 2.89. The molecule has 3 rings (SSSR count). The summed E-state index contributed by atoms with van der Waals surface area (Å²) in [5.74, 6) is -1.85. The van der Waals surface area contributed by atoms with Gasteiger partial charge in [0.15, 0.2) is 17.3 Å². The van der Waals surface area contributed by atoms with Crippen LogP contribution in [0.3, 0.4) is 0 Å². The fourth-order valence-corrected chi connectivity index (χ4v) is 2.89. The summed E-state index contributed by atoms with van der Waals surface area (Å²) in [4.78, 5) is 49.4. The van der Waals surface area contributed by atoms with Crippen LogP contribution in [0.1, 0.15) is 49.1 Å². The van der Waals surface area contributed by atoms with Gasteiger partial charge in [-0.25, -0.2) is 0 Å². The van der Waals surface area contributed by atoms with Crippen molar-refractivity contribution >= 4 is 34.6 Å². The highest BCUT2D eigenvalue weighted by molar-refractivity contribution is 6.33. The van der Waals surface area contributed by atoms with Crippen molar-refractivity contribution in [2.24, 2.45) is 0 Å². The van der Waals surface area contributed by atoms with E-state index < -0.39 is 17.5 Å². The van der Waals surface area contributed by atoms with E-state index in [9.17, 15) is 19.2 Å². The van der Waals surface area contributed by atoms with Crippen LogP contribution < -0.4 is 11.1 Å². The number of fused-ring (bicyclic) bond motifs is 2. The van der Waals surface area contributed by atoms with Gasteiger partial charge in [0, 0.05) is 16.7 Å². The normalized spacial score (nSPS) is 12.2. The van der Waals surface area contributed by atoms with Crippen molar-refractivity contribution in [3.63, 3.8) is 0 Å². The highest BCUT2D eigenvalue weighted by atomic mass is 16.2. The van der Waals surface area contributed by atoms with Gasteiger partial charge in [0.2, 0.25) is 5.91 Å². The van der Waals surface area contributed by atoms with Gasteiger partial charge in [0.05, 0.1) is 22.5 Å². The Labute approximate surface area is 143 Å². The second kappa shape index (κ2) is 5.83. The number of benzene rings is 2. The first-order valence-electron chi connectivity index (χ1n) is 7.46. The summed E-state index contributed by atoms with van der Waals surface area (Å²) in [6.45, 7) is 4.65. The second-order valence-electron chi connectivity index (χ2n) is 5.59. The van der Waals surface area contributed by atoms with E-state index in [-0.39, 0.29) is 45.0 Å². The molecule has 3 N–H and O–H groups in total. The van der Waals surface area contributed by atoms with Gasteiger partial charge in [-0.15, -0.1) is 0 Å². The fraction of sp³-hybridized carbons (Fsp3) is 0.0526. The third-order valence-electron chi connectivity index (χ3n) is 4.06. The van der Waals surface area contributed by atoms with Crippen LogP contribution in [0.5, 0.6) is 0 Å². The van der Waals surface area contributed by atoms with Gasteiger partial charge in [-0.3, -0.25) is 19.2 Å². The summed E-state index contributed by atoms with van der Waals surface area (Å²) in [5, 5.41) is 2.49. The number of rotatable bonds is 3. The summed E-state index contributed by atoms with van der Waals surface area (Å²) in [6.07, 6.45) is 1.03. The summed E-state index contributed by atoms with van der Waals surface area (Å²) in [5.41, 5.74) is 6.46. The van der Waals surface area contributed by atoms with Crippen molar-refractivity contribution in [1.82, 2.24) is 0 Å². The maximum absolute atomic E-state index is 12.9. The van der Waals surface area contributed by atoms with E-state index in [1.165, 1.54) is 25.1 Å². The van der Waals surface area contributed by atoms with Gasteiger partial charge in [-0.2, -0.15) is 0 Å². The molecule has 1 aliphatic rings. The van der Waals surface area contributed by atoms with Gasteiger partial charge in [-0.05, 0) is 19.1 Å². The largest absolute Gasteiger partial charge is 0.398 e. The molecule has 0 radical (unpaired) electrons. The summed E-state index contributed by atoms with van der Waals surface area (Å²) in [6, 6.07) is 7.66. The van der Waals surface area contributed by atoms with Crippen LogP contribution in [0.15, 0.2) is 43.0 Å². The molecule has 6 nitrogen and oxygen atoms in total. The van der Waals surface area contributed by atoms with Gasteiger partial charge in [-0.1, -0.05) is 30.8 Å². The molecule has 0 heterocycles. The molecule has 0 bridgehead atoms. The molecule has 2 aromatic carbocycles. The number of anilines is 2. The molecule has 1 amide bonds. The van der Waals surface area contributed by atoms with E-state index in [1.807, 2.05) is 0 Å². The summed E-state index contributed by atoms with van der Waals surface area (Å²) < 4.78 is 0. The molecule has 2 aromatic rings. The molecule has 0 saturated carbocycles. The molecule has 0 unspecified atom stereocenters. The number of hydrogen-bond acceptors (Lipinski definition) is 5. The Morgan fingerprint density at radius 3 is 2.16 bits per heavy atom. The maximum atomic E-state index is 12.9. The zero-order chi connectivity index (χ0) is 18.3. The number of nitrogens with one attached hydrogen (secondary N) is 1. The monoisotopic (exact) mass is 334 g/mol. The highest BCUT2D eigenvalue weighted by Gasteiger charge is 2.35. The van der Waals surface area contributed by atoms with Crippen molar-refractivity contribution in [3.05, 3.63) is 70.8 Å². The average molecular weight is 334 g/mol. The average Bonchev–Trinajstić information content (AvgIpc) is 2.60. The zero-order valence-corrected chi connectivity index (χ0v) is 13.4. The third-order valence-corrected chi connectivity index (χ3v) is 4.06. The van der Waals surface area contributed by atoms with Crippen LogP contribution in [0.2, 0.25) is 0 Å². The standard InChI is InChI=1S/C19H14N2O4/c1-3-14(23)21-13-8-12(9(2)22)17(20)16-15(13)18(24)10-6-4-5-7-11(10)19(16)25/h3-8H,1,20H2,2H3,(H,21,23). The van der Waals surface area contributed by atoms with Crippen molar-refractivity contribution in [3.8, 4) is 0 Å². The van der Waals surface area contributed by atoms with Crippen molar-refractivity contribution in [2.45, 2.75) is 6.92 Å². The summed E-state index contributed by atoms with van der Waals surface area (Å²) in [7, 11) is 0. The lowest BCUT2D eigenvalue weighted by molar-refractivity contribution is -0.111. The summed E-state index contributed by atoms with van der Waals surface area (Å²) >= 11 is 0. The smallest absolute Gasteiger partial charge is 0.247 e. The second-order valence-corrected chi connectivity index (χ2v) is 5.59. The Morgan fingerprint density at radius 1 is 1.08 bits per heavy atom. The van der Waals surface area contributed by atoms with Crippen LogP contribution in [-0.4, -0.2) is 23.3 Å². The van der Waals surface area contributed by atoms with Gasteiger partial charge < -0.3 is 11.1 Å². The van der Waals surface area contributed by atoms with Crippen LogP contribution in [-0.2, 0) is 4.79 Å². The molecule has 0 saturated heterocycles. The first kappa shape index (κ1) is 16.3. The quantitative estimate of drug-likeness (QED) is 0.434. The Morgan fingerprint density at radius 2 is 1.64 bits per heavy atom. The predicted octanol–water partition coefficient (Wildman–Crippen LogP) is 2.37. The predicted molar refractivity (Wildman–Crippen MR) is 93.0 cm³/mol. The molecular weight excluding hydrogens is 320 g/mol. The Bertz CT molecular complexity index is 989. The van der Waals surface area contributed by atoms with Crippen LogP contribution in [0.25, 0.3) is 0 Å². The number of carbonyl (C=O) groups is 4. The number of hydrogen-bond donors (Lipinski definition) is 2. The first-order valence-corrected chi connectivity index (χ1v) is 7.46. The lowest BCUT2D eigenvalue weighted by Gasteiger charge is -2.23. The molecule has 6 heteroatoms. The van der Waals surface area contributed by atoms with E-state index >= 15 is 0 Å². The number of Topliss-reactive ketones (excluding diaryl/α,β-unsaturated/α-hetero) is 1. The Balaban J connectivity index is 2.37. The third kappa shape index (κ3) is 2.44. The minimum atomic E-state index is -0.569. The number of amides is 1. The number of nitrogens with two attached hydrogens (primary N) is 1. The van der Waals surface area contributed by atoms with Crippen molar-refractivity contribution in [1.29, 1.82) is 0 Å². The SMILES string of the molecule is C=CC(=O)Nc1cc(C(C)=O)c(N)c2c1C(=O)c1ccccc1C2=O. The highest BCUT2D eigenvalue weighted by Crippen LogP contribution is 2.37. The van der Waals surface area contributed by atoms with E-state index in [0.29, 0.717) is 0 Å². The van der Waals surface area contributed by atoms with Crippen LogP contribution in [0, 0.1) is 0 Å². The van der Waals surface area contributed by atoms with Gasteiger partial charge in [0.25, 0.3) is 0 Å². The lowest BCUT2D eigenvalue weighted by atomic mass is 9.81. The minimum absolute atomic E-state index is 0.0126. The van der Waals surface area contributed by atoms with E-state index in [1.54, 1.807) is 12.1 Å². The zero-order valence-electron chi connectivity index (χ0n) is 13.4. The molecular formula is C19H14N2O4. The van der Waals surface area contributed by atoms with Crippen LogP contribution in [0.4, 0.5) is 11.4 Å². The lowest BCUT2D eigenvalue weighted by Crippen LogP contribution is -2.26. The molecule has 0 spiro atoms. The molecule has 0 fully saturated rings. The Kier molecular flexibility index (Phi) is 3.81. The molecule has 0 aromatic heterocycles. The van der Waals surface area contributed by atoms with Crippen molar-refractivity contribution < 1.29 is 19.2 Å². The first-order chi connectivity index (χ1) is 11.9. The number of carbonyl (C=O) groups excluding carboxylic acids is 4. The number of nitrogen functional groups attached to an aromatic ring is 1. The molecule has 0 atom stereocenters. The molecule has 0 aliphatic heterocycles. The molecule has 1 aliphatic carbocycles. The van der Waals surface area contributed by atoms with Crippen molar-refractivity contribution in [2.75, 3.05) is 11.1 Å². The van der Waals surface area contributed by atoms with Crippen LogP contribution >= 0.6 is 0 Å². The van der Waals surface area contributed by atoms with E-state index in [2.05, 4.69) is 11.9 Å².